The van der Waals surface area contributed by atoms with Crippen LogP contribution in [0.5, 0.6) is 0 Å². The molecule has 288 valence electrons. The van der Waals surface area contributed by atoms with E-state index in [2.05, 4.69) is 168 Å². The van der Waals surface area contributed by atoms with Crippen molar-refractivity contribution in [2.75, 3.05) is 0 Å². The molecule has 0 saturated heterocycles. The van der Waals surface area contributed by atoms with E-state index < -0.39 is 0 Å². The first-order valence-electron chi connectivity index (χ1n) is 20.9. The van der Waals surface area contributed by atoms with Gasteiger partial charge in [-0.3, -0.25) is 0 Å². The van der Waals surface area contributed by atoms with E-state index in [-0.39, 0.29) is 0 Å². The van der Waals surface area contributed by atoms with E-state index in [1.807, 2.05) is 42.5 Å². The third-order valence-electron chi connectivity index (χ3n) is 12.4. The number of furan rings is 1. The Morgan fingerprint density at radius 1 is 0.339 bits per heavy atom. The van der Waals surface area contributed by atoms with Gasteiger partial charge in [-0.25, -0.2) is 15.0 Å². The molecule has 5 nitrogen and oxygen atoms in total. The van der Waals surface area contributed by atoms with Crippen LogP contribution in [0.25, 0.3) is 127 Å². The Hall–Kier alpha value is -8.41. The van der Waals surface area contributed by atoms with Crippen molar-refractivity contribution in [1.82, 2.24) is 19.5 Å². The quantitative estimate of drug-likeness (QED) is 0.174. The highest BCUT2D eigenvalue weighted by atomic mass is 16.3. The molecule has 0 amide bonds. The Morgan fingerprint density at radius 3 is 1.56 bits per heavy atom. The van der Waals surface area contributed by atoms with Crippen molar-refractivity contribution in [2.24, 2.45) is 0 Å². The molecule has 0 spiro atoms. The maximum atomic E-state index is 6.82. The van der Waals surface area contributed by atoms with Crippen LogP contribution in [0, 0.1) is 0 Å². The lowest BCUT2D eigenvalue weighted by Gasteiger charge is -2.12. The molecule has 62 heavy (non-hydrogen) atoms. The van der Waals surface area contributed by atoms with E-state index in [4.69, 9.17) is 19.4 Å². The summed E-state index contributed by atoms with van der Waals surface area (Å²) in [6.07, 6.45) is 0. The fourth-order valence-corrected chi connectivity index (χ4v) is 9.48. The summed E-state index contributed by atoms with van der Waals surface area (Å²) in [5.41, 5.74) is 9.85. The average molecular weight is 791 g/mol. The normalized spacial score (nSPS) is 11.9. The first-order chi connectivity index (χ1) is 30.7. The highest BCUT2D eigenvalue weighted by Crippen LogP contribution is 2.42. The maximum absolute atomic E-state index is 6.82. The molecule has 0 radical (unpaired) electrons. The third-order valence-corrected chi connectivity index (χ3v) is 12.4. The number of aromatic nitrogens is 4. The van der Waals surface area contributed by atoms with Crippen LogP contribution in [0.2, 0.25) is 0 Å². The molecule has 0 aliphatic heterocycles. The molecule has 0 aliphatic rings. The highest BCUT2D eigenvalue weighted by molar-refractivity contribution is 6.21. The van der Waals surface area contributed by atoms with Crippen molar-refractivity contribution in [3.05, 3.63) is 206 Å². The summed E-state index contributed by atoms with van der Waals surface area (Å²) in [5.74, 6) is 1.76. The fourth-order valence-electron chi connectivity index (χ4n) is 9.48. The van der Waals surface area contributed by atoms with Gasteiger partial charge in [0, 0.05) is 38.4 Å². The summed E-state index contributed by atoms with van der Waals surface area (Å²) in [6.45, 7) is 0. The van der Waals surface area contributed by atoms with E-state index in [9.17, 15) is 0 Å². The van der Waals surface area contributed by atoms with Crippen molar-refractivity contribution >= 4 is 76.1 Å². The zero-order valence-corrected chi connectivity index (χ0v) is 33.3. The second kappa shape index (κ2) is 13.6. The van der Waals surface area contributed by atoms with Gasteiger partial charge in [-0.15, -0.1) is 0 Å². The van der Waals surface area contributed by atoms with Crippen LogP contribution in [0.1, 0.15) is 0 Å². The summed E-state index contributed by atoms with van der Waals surface area (Å²) in [4.78, 5) is 15.4. The molecular formula is C57H34N4O. The van der Waals surface area contributed by atoms with Crippen LogP contribution < -0.4 is 0 Å². The molecule has 13 rings (SSSR count). The largest absolute Gasteiger partial charge is 0.455 e. The smallest absolute Gasteiger partial charge is 0.167 e. The SMILES string of the molecule is c1ccc(-c2nc(-c3ccccc3-c3ccccc3)nc(-c3cccc4c3oc3ccc5cc(-n6c7cc8ccccc8cc7c7cc8ccccc8cc76)ccc5c34)n2)cc1. The van der Waals surface area contributed by atoms with Crippen molar-refractivity contribution < 1.29 is 4.42 Å². The lowest BCUT2D eigenvalue weighted by atomic mass is 9.99. The van der Waals surface area contributed by atoms with Crippen molar-refractivity contribution in [2.45, 2.75) is 0 Å². The lowest BCUT2D eigenvalue weighted by Crippen LogP contribution is -2.01. The minimum atomic E-state index is 0.555. The van der Waals surface area contributed by atoms with Crippen molar-refractivity contribution in [3.8, 4) is 51.0 Å². The molecule has 13 aromatic rings. The molecule has 0 N–H and O–H groups in total. The van der Waals surface area contributed by atoms with Gasteiger partial charge in [0.05, 0.1) is 16.6 Å². The number of fused-ring (bicyclic) bond motifs is 10. The van der Waals surface area contributed by atoms with E-state index >= 15 is 0 Å². The van der Waals surface area contributed by atoms with E-state index in [1.165, 1.54) is 43.4 Å². The Balaban J connectivity index is 1.00. The zero-order chi connectivity index (χ0) is 40.7. The number of benzene rings is 10. The summed E-state index contributed by atoms with van der Waals surface area (Å²) in [6, 6.07) is 72.8. The molecular weight excluding hydrogens is 757 g/mol. The van der Waals surface area contributed by atoms with Gasteiger partial charge >= 0.3 is 0 Å². The summed E-state index contributed by atoms with van der Waals surface area (Å²) < 4.78 is 9.25. The Morgan fingerprint density at radius 2 is 0.887 bits per heavy atom. The van der Waals surface area contributed by atoms with E-state index in [0.29, 0.717) is 17.5 Å². The van der Waals surface area contributed by atoms with Crippen molar-refractivity contribution in [1.29, 1.82) is 0 Å². The second-order valence-electron chi connectivity index (χ2n) is 16.0. The van der Waals surface area contributed by atoms with Gasteiger partial charge < -0.3 is 8.98 Å². The van der Waals surface area contributed by atoms with E-state index in [1.54, 1.807) is 0 Å². The molecule has 0 atom stereocenters. The lowest BCUT2D eigenvalue weighted by molar-refractivity contribution is 0.670. The summed E-state index contributed by atoms with van der Waals surface area (Å²) in [7, 11) is 0. The van der Waals surface area contributed by atoms with Crippen molar-refractivity contribution in [3.63, 3.8) is 0 Å². The van der Waals surface area contributed by atoms with E-state index in [0.717, 1.165) is 66.2 Å². The Labute approximate surface area is 355 Å². The summed E-state index contributed by atoms with van der Waals surface area (Å²) in [5, 5.41) is 11.7. The molecule has 10 aromatic carbocycles. The molecule has 0 unspecified atom stereocenters. The minimum Gasteiger partial charge on any atom is -0.455 e. The van der Waals surface area contributed by atoms with Crippen LogP contribution >= 0.6 is 0 Å². The van der Waals surface area contributed by atoms with Gasteiger partial charge in [-0.2, -0.15) is 0 Å². The predicted molar refractivity (Wildman–Crippen MR) is 256 cm³/mol. The number of nitrogens with zero attached hydrogens (tertiary/aromatic N) is 4. The van der Waals surface area contributed by atoms with Gasteiger partial charge in [-0.05, 0) is 92.0 Å². The molecule has 0 fully saturated rings. The number of para-hydroxylation sites is 1. The summed E-state index contributed by atoms with van der Waals surface area (Å²) >= 11 is 0. The van der Waals surface area contributed by atoms with Crippen LogP contribution in [0.4, 0.5) is 0 Å². The number of hydrogen-bond donors (Lipinski definition) is 0. The molecule has 5 heteroatoms. The van der Waals surface area contributed by atoms with Crippen LogP contribution in [0.3, 0.4) is 0 Å². The highest BCUT2D eigenvalue weighted by Gasteiger charge is 2.21. The van der Waals surface area contributed by atoms with Crippen LogP contribution in [0.15, 0.2) is 211 Å². The molecule has 3 heterocycles. The maximum Gasteiger partial charge on any atom is 0.167 e. The second-order valence-corrected chi connectivity index (χ2v) is 16.0. The van der Waals surface area contributed by atoms with Gasteiger partial charge in [0.1, 0.15) is 11.2 Å². The fraction of sp³-hybridized carbons (Fsp3) is 0. The first-order valence-corrected chi connectivity index (χ1v) is 20.9. The minimum absolute atomic E-state index is 0.555. The molecule has 0 saturated carbocycles. The average Bonchev–Trinajstić information content (AvgIpc) is 3.88. The monoisotopic (exact) mass is 790 g/mol. The Kier molecular flexibility index (Phi) is 7.54. The third kappa shape index (κ3) is 5.38. The number of rotatable bonds is 5. The van der Waals surface area contributed by atoms with Gasteiger partial charge in [0.25, 0.3) is 0 Å². The molecule has 0 bridgehead atoms. The van der Waals surface area contributed by atoms with Crippen LogP contribution in [-0.2, 0) is 0 Å². The predicted octanol–water partition coefficient (Wildman–Crippen LogP) is 15.0. The first kappa shape index (κ1) is 34.5. The van der Waals surface area contributed by atoms with Gasteiger partial charge in [0.15, 0.2) is 17.5 Å². The van der Waals surface area contributed by atoms with Crippen LogP contribution in [-0.4, -0.2) is 19.5 Å². The topological polar surface area (TPSA) is 56.7 Å². The number of hydrogen-bond acceptors (Lipinski definition) is 4. The standard InChI is InChI=1S/C57H34N4O/c1-3-14-35(15-4-1)43-22-11-12-23-45(43)56-58-55(36-16-5-2-6-17-36)59-57(60-56)47-25-13-24-46-53-44-28-27-42(30-41(44)26-29-52(53)62-54(46)47)61-50-33-39-20-9-7-18-37(39)31-48(50)49-32-38-19-8-10-21-40(38)34-51(49)61/h1-34H. The van der Waals surface area contributed by atoms with Gasteiger partial charge in [0.2, 0.25) is 0 Å². The Bertz CT molecular complexity index is 3830. The molecule has 0 aliphatic carbocycles. The molecule has 3 aromatic heterocycles. The zero-order valence-electron chi connectivity index (χ0n) is 33.3. The van der Waals surface area contributed by atoms with Gasteiger partial charge in [-0.1, -0.05) is 158 Å².